The van der Waals surface area contributed by atoms with Crippen LogP contribution in [-0.2, 0) is 23.9 Å². The van der Waals surface area contributed by atoms with E-state index in [9.17, 15) is 23.1 Å². The molecule has 0 spiro atoms. The summed E-state index contributed by atoms with van der Waals surface area (Å²) in [4.78, 5) is 12.2. The third-order valence-electron chi connectivity index (χ3n) is 4.46. The van der Waals surface area contributed by atoms with Crippen LogP contribution in [0.5, 0.6) is 0 Å². The molecule has 5 nitrogen and oxygen atoms in total. The van der Waals surface area contributed by atoms with Crippen molar-refractivity contribution < 1.29 is 27.8 Å². The Morgan fingerprint density at radius 3 is 2.26 bits per heavy atom. The van der Waals surface area contributed by atoms with Crippen molar-refractivity contribution >= 4 is 6.09 Å². The summed E-state index contributed by atoms with van der Waals surface area (Å²) in [6, 6.07) is 13.9. The van der Waals surface area contributed by atoms with Gasteiger partial charge in [0.25, 0.3) is 0 Å². The molecule has 0 fully saturated rings. The van der Waals surface area contributed by atoms with Gasteiger partial charge in [0.05, 0.1) is 17.7 Å². The van der Waals surface area contributed by atoms with E-state index in [2.05, 4.69) is 10.6 Å². The zero-order chi connectivity index (χ0) is 23.1. The quantitative estimate of drug-likeness (QED) is 0.575. The number of halogens is 3. The van der Waals surface area contributed by atoms with Crippen molar-refractivity contribution in [2.24, 2.45) is 0 Å². The average Bonchev–Trinajstić information content (AvgIpc) is 2.66. The molecule has 0 aliphatic carbocycles. The van der Waals surface area contributed by atoms with Crippen LogP contribution >= 0.6 is 0 Å². The highest BCUT2D eigenvalue weighted by Gasteiger charge is 2.33. The second-order valence-corrected chi connectivity index (χ2v) is 8.30. The molecule has 1 amide bonds. The summed E-state index contributed by atoms with van der Waals surface area (Å²) in [7, 11) is 0. The van der Waals surface area contributed by atoms with Crippen LogP contribution in [0.2, 0.25) is 0 Å². The van der Waals surface area contributed by atoms with Crippen molar-refractivity contribution in [3.63, 3.8) is 0 Å². The van der Waals surface area contributed by atoms with Crippen LogP contribution in [0.25, 0.3) is 0 Å². The van der Waals surface area contributed by atoms with Crippen molar-refractivity contribution in [2.75, 3.05) is 6.54 Å². The highest BCUT2D eigenvalue weighted by atomic mass is 19.4. The van der Waals surface area contributed by atoms with Crippen LogP contribution in [0.4, 0.5) is 18.0 Å². The summed E-state index contributed by atoms with van der Waals surface area (Å²) in [5.41, 5.74) is -0.442. The first-order valence-corrected chi connectivity index (χ1v) is 10.0. The van der Waals surface area contributed by atoms with Crippen molar-refractivity contribution in [3.8, 4) is 0 Å². The number of alkyl halides is 3. The van der Waals surface area contributed by atoms with E-state index in [0.717, 1.165) is 11.6 Å². The summed E-state index contributed by atoms with van der Waals surface area (Å²) in [5.74, 6) is 0. The number of aliphatic hydroxyl groups is 1. The predicted molar refractivity (Wildman–Crippen MR) is 112 cm³/mol. The van der Waals surface area contributed by atoms with Gasteiger partial charge in [0.1, 0.15) is 5.60 Å². The van der Waals surface area contributed by atoms with E-state index < -0.39 is 35.6 Å². The smallest absolute Gasteiger partial charge is 0.416 e. The summed E-state index contributed by atoms with van der Waals surface area (Å²) in [6.45, 7) is 5.11. The van der Waals surface area contributed by atoms with E-state index in [-0.39, 0.29) is 18.7 Å². The second kappa shape index (κ2) is 10.6. The number of nitrogens with one attached hydrogen (secondary N) is 2. The van der Waals surface area contributed by atoms with Crippen LogP contribution in [0.3, 0.4) is 0 Å². The molecule has 3 N–H and O–H groups in total. The molecule has 2 aromatic carbocycles. The number of amides is 1. The van der Waals surface area contributed by atoms with E-state index in [1.54, 1.807) is 20.8 Å². The Morgan fingerprint density at radius 1 is 1.03 bits per heavy atom. The Bertz CT molecular complexity index is 836. The monoisotopic (exact) mass is 438 g/mol. The fraction of sp³-hybridized carbons (Fsp3) is 0.435. The Kier molecular flexibility index (Phi) is 8.47. The highest BCUT2D eigenvalue weighted by molar-refractivity contribution is 5.68. The van der Waals surface area contributed by atoms with Crippen LogP contribution in [-0.4, -0.2) is 35.5 Å². The van der Waals surface area contributed by atoms with E-state index in [0.29, 0.717) is 6.42 Å². The van der Waals surface area contributed by atoms with Crippen LogP contribution in [0.15, 0.2) is 54.6 Å². The molecule has 0 bridgehead atoms. The van der Waals surface area contributed by atoms with Gasteiger partial charge in [-0.2, -0.15) is 13.2 Å². The second-order valence-electron chi connectivity index (χ2n) is 8.30. The van der Waals surface area contributed by atoms with Crippen LogP contribution < -0.4 is 10.6 Å². The van der Waals surface area contributed by atoms with Gasteiger partial charge in [-0.3, -0.25) is 0 Å². The molecule has 0 heterocycles. The number of rotatable bonds is 8. The zero-order valence-corrected chi connectivity index (χ0v) is 17.9. The van der Waals surface area contributed by atoms with Crippen molar-refractivity contribution in [1.82, 2.24) is 10.6 Å². The average molecular weight is 438 g/mol. The number of alkyl carbamates (subject to hydrolysis) is 1. The maximum Gasteiger partial charge on any atom is 0.416 e. The number of hydrogen-bond donors (Lipinski definition) is 3. The van der Waals surface area contributed by atoms with Crippen molar-refractivity contribution in [1.29, 1.82) is 0 Å². The van der Waals surface area contributed by atoms with Gasteiger partial charge in [0.2, 0.25) is 0 Å². The van der Waals surface area contributed by atoms with Gasteiger partial charge in [0.15, 0.2) is 0 Å². The number of ether oxygens (including phenoxy) is 1. The molecule has 2 atom stereocenters. The van der Waals surface area contributed by atoms with E-state index in [1.165, 1.54) is 18.2 Å². The Balaban J connectivity index is 2.03. The van der Waals surface area contributed by atoms with Crippen LogP contribution in [0.1, 0.15) is 37.5 Å². The molecule has 170 valence electrons. The third kappa shape index (κ3) is 8.59. The highest BCUT2D eigenvalue weighted by Crippen LogP contribution is 2.31. The topological polar surface area (TPSA) is 70.6 Å². The molecule has 0 saturated heterocycles. The summed E-state index contributed by atoms with van der Waals surface area (Å²) in [6.07, 6.45) is -5.84. The fourth-order valence-electron chi connectivity index (χ4n) is 3.06. The Hall–Kier alpha value is -2.58. The molecule has 0 saturated carbocycles. The molecule has 0 radical (unpaired) electrons. The van der Waals surface area contributed by atoms with E-state index >= 15 is 0 Å². The largest absolute Gasteiger partial charge is 0.444 e. The summed E-state index contributed by atoms with van der Waals surface area (Å²) in [5, 5.41) is 16.2. The number of carbonyl (C=O) groups is 1. The Labute approximate surface area is 180 Å². The molecule has 0 aliphatic heterocycles. The molecule has 2 rings (SSSR count). The SMILES string of the molecule is CC(C)(C)OC(=O)N[C@@H](Cc1ccccc1)[C@H](O)CNCc1ccccc1C(F)(F)F. The van der Waals surface area contributed by atoms with Gasteiger partial charge < -0.3 is 20.5 Å². The maximum atomic E-state index is 13.1. The first-order chi connectivity index (χ1) is 14.5. The third-order valence-corrected chi connectivity index (χ3v) is 4.46. The lowest BCUT2D eigenvalue weighted by atomic mass is 10.0. The minimum absolute atomic E-state index is 0.0144. The lowest BCUT2D eigenvalue weighted by molar-refractivity contribution is -0.138. The van der Waals surface area contributed by atoms with Crippen LogP contribution in [0, 0.1) is 0 Å². The number of carbonyl (C=O) groups excluding carboxylic acids is 1. The lowest BCUT2D eigenvalue weighted by Crippen LogP contribution is -2.49. The van der Waals surface area contributed by atoms with Gasteiger partial charge in [-0.1, -0.05) is 48.5 Å². The Morgan fingerprint density at radius 2 is 1.65 bits per heavy atom. The van der Waals surface area contributed by atoms with Gasteiger partial charge in [-0.05, 0) is 44.4 Å². The number of aliphatic hydroxyl groups excluding tert-OH is 1. The minimum atomic E-state index is -4.45. The summed E-state index contributed by atoms with van der Waals surface area (Å²) >= 11 is 0. The molecule has 8 heteroatoms. The van der Waals surface area contributed by atoms with Crippen molar-refractivity contribution in [2.45, 2.75) is 57.7 Å². The predicted octanol–water partition coefficient (Wildman–Crippen LogP) is 4.29. The van der Waals surface area contributed by atoms with E-state index in [4.69, 9.17) is 4.74 Å². The maximum absolute atomic E-state index is 13.1. The molecule has 0 aromatic heterocycles. The standard InChI is InChI=1S/C23H29F3N2O3/c1-22(2,3)31-21(30)28-19(13-16-9-5-4-6-10-16)20(29)15-27-14-17-11-7-8-12-18(17)23(24,25)26/h4-12,19-20,27,29H,13-15H2,1-3H3,(H,28,30)/t19-,20+/m0/s1. The van der Waals surface area contributed by atoms with Gasteiger partial charge in [-0.15, -0.1) is 0 Å². The lowest BCUT2D eigenvalue weighted by Gasteiger charge is -2.27. The normalized spacial score (nSPS) is 14.0. The van der Waals surface area contributed by atoms with Gasteiger partial charge in [0, 0.05) is 13.1 Å². The molecule has 0 aliphatic rings. The molecule has 31 heavy (non-hydrogen) atoms. The first-order valence-electron chi connectivity index (χ1n) is 10.0. The van der Waals surface area contributed by atoms with Gasteiger partial charge >= 0.3 is 12.3 Å². The number of hydrogen-bond acceptors (Lipinski definition) is 4. The van der Waals surface area contributed by atoms with E-state index in [1.807, 2.05) is 30.3 Å². The first kappa shape index (κ1) is 24.7. The van der Waals surface area contributed by atoms with Gasteiger partial charge in [-0.25, -0.2) is 4.79 Å². The minimum Gasteiger partial charge on any atom is -0.444 e. The molecule has 0 unspecified atom stereocenters. The zero-order valence-electron chi connectivity index (χ0n) is 17.9. The fourth-order valence-corrected chi connectivity index (χ4v) is 3.06. The van der Waals surface area contributed by atoms with Crippen molar-refractivity contribution in [3.05, 3.63) is 71.3 Å². The molecular formula is C23H29F3N2O3. The molecular weight excluding hydrogens is 409 g/mol. The molecule has 2 aromatic rings. The number of benzene rings is 2. The summed E-state index contributed by atoms with van der Waals surface area (Å²) < 4.78 is 44.7.